The Balaban J connectivity index is 1.85. The lowest BCUT2D eigenvalue weighted by atomic mass is 10.1. The lowest BCUT2D eigenvalue weighted by molar-refractivity contribution is -0.148. The Morgan fingerprint density at radius 1 is 0.964 bits per heavy atom. The molecule has 5 nitrogen and oxygen atoms in total. The van der Waals surface area contributed by atoms with E-state index in [2.05, 4.69) is 0 Å². The summed E-state index contributed by atoms with van der Waals surface area (Å²) in [6, 6.07) is 20.2. The molecule has 1 aromatic heterocycles. The van der Waals surface area contributed by atoms with Crippen LogP contribution in [0.1, 0.15) is 29.8 Å². The van der Waals surface area contributed by atoms with Crippen LogP contribution in [0.15, 0.2) is 79.1 Å². The molecule has 28 heavy (non-hydrogen) atoms. The minimum Gasteiger partial charge on any atom is -0.464 e. The normalized spacial score (nSPS) is 11.6. The molecule has 0 spiro atoms. The summed E-state index contributed by atoms with van der Waals surface area (Å²) >= 11 is 0. The maximum absolute atomic E-state index is 13.2. The van der Waals surface area contributed by atoms with Crippen molar-refractivity contribution < 1.29 is 14.3 Å². The fourth-order valence-electron chi connectivity index (χ4n) is 3.00. The minimum absolute atomic E-state index is 0.205. The zero-order valence-corrected chi connectivity index (χ0v) is 16.1. The first kappa shape index (κ1) is 19.4. The van der Waals surface area contributed by atoms with E-state index >= 15 is 0 Å². The van der Waals surface area contributed by atoms with Gasteiger partial charge in [-0.3, -0.25) is 4.79 Å². The Morgan fingerprint density at radius 2 is 1.61 bits per heavy atom. The number of amides is 1. The van der Waals surface area contributed by atoms with Gasteiger partial charge in [-0.25, -0.2) is 4.79 Å². The summed E-state index contributed by atoms with van der Waals surface area (Å²) in [6.07, 6.45) is 3.89. The van der Waals surface area contributed by atoms with Crippen molar-refractivity contribution in [2.75, 3.05) is 6.61 Å². The van der Waals surface area contributed by atoms with E-state index in [0.29, 0.717) is 12.1 Å². The van der Waals surface area contributed by atoms with Crippen molar-refractivity contribution in [2.24, 2.45) is 0 Å². The monoisotopic (exact) mass is 376 g/mol. The van der Waals surface area contributed by atoms with Gasteiger partial charge in [-0.05, 0) is 55.8 Å². The summed E-state index contributed by atoms with van der Waals surface area (Å²) in [7, 11) is 0. The summed E-state index contributed by atoms with van der Waals surface area (Å²) in [5.41, 5.74) is 2.45. The van der Waals surface area contributed by atoms with E-state index in [9.17, 15) is 9.59 Å². The van der Waals surface area contributed by atoms with Crippen molar-refractivity contribution in [3.63, 3.8) is 0 Å². The Bertz CT molecular complexity index is 903. The Labute approximate surface area is 165 Å². The predicted molar refractivity (Wildman–Crippen MR) is 108 cm³/mol. The molecule has 0 saturated heterocycles. The number of ether oxygens (including phenoxy) is 1. The van der Waals surface area contributed by atoms with E-state index < -0.39 is 12.0 Å². The predicted octanol–water partition coefficient (Wildman–Crippen LogP) is 4.07. The zero-order valence-electron chi connectivity index (χ0n) is 16.1. The minimum atomic E-state index is -0.684. The molecule has 2 aromatic carbocycles. The number of esters is 1. The van der Waals surface area contributed by atoms with E-state index in [1.165, 1.54) is 0 Å². The van der Waals surface area contributed by atoms with E-state index in [0.717, 1.165) is 11.3 Å². The molecule has 1 unspecified atom stereocenters. The van der Waals surface area contributed by atoms with Crippen LogP contribution in [0.5, 0.6) is 0 Å². The molecular formula is C23H24N2O3. The first-order valence-electron chi connectivity index (χ1n) is 9.35. The number of nitrogens with zero attached hydrogens (tertiary/aromatic N) is 2. The molecular weight excluding hydrogens is 352 g/mol. The number of benzene rings is 2. The summed E-state index contributed by atoms with van der Waals surface area (Å²) in [5.74, 6) is -0.612. The van der Waals surface area contributed by atoms with Crippen LogP contribution in [0.3, 0.4) is 0 Å². The maximum Gasteiger partial charge on any atom is 0.328 e. The van der Waals surface area contributed by atoms with Crippen molar-refractivity contribution in [2.45, 2.75) is 26.4 Å². The molecule has 3 aromatic rings. The van der Waals surface area contributed by atoms with Crippen molar-refractivity contribution in [3.05, 3.63) is 90.3 Å². The highest BCUT2D eigenvalue weighted by molar-refractivity contribution is 5.96. The van der Waals surface area contributed by atoms with Crippen LogP contribution in [0.4, 0.5) is 0 Å². The number of rotatable bonds is 7. The number of carbonyl (C=O) groups excluding carboxylic acids is 2. The summed E-state index contributed by atoms with van der Waals surface area (Å²) in [5, 5.41) is 0. The topological polar surface area (TPSA) is 51.5 Å². The van der Waals surface area contributed by atoms with Crippen molar-refractivity contribution in [1.29, 1.82) is 0 Å². The average molecular weight is 376 g/mol. The van der Waals surface area contributed by atoms with Crippen molar-refractivity contribution in [3.8, 4) is 5.69 Å². The average Bonchev–Trinajstić information content (AvgIpc) is 3.27. The highest BCUT2D eigenvalue weighted by atomic mass is 16.5. The third-order valence-corrected chi connectivity index (χ3v) is 4.57. The smallest absolute Gasteiger partial charge is 0.328 e. The largest absolute Gasteiger partial charge is 0.464 e. The first-order chi connectivity index (χ1) is 13.6. The van der Waals surface area contributed by atoms with Gasteiger partial charge in [0.25, 0.3) is 5.91 Å². The van der Waals surface area contributed by atoms with Crippen LogP contribution in [0.2, 0.25) is 0 Å². The lowest BCUT2D eigenvalue weighted by Crippen LogP contribution is -2.43. The highest BCUT2D eigenvalue weighted by Crippen LogP contribution is 2.17. The first-order valence-corrected chi connectivity index (χ1v) is 9.35. The van der Waals surface area contributed by atoms with Crippen molar-refractivity contribution in [1.82, 2.24) is 9.47 Å². The molecule has 0 radical (unpaired) electrons. The highest BCUT2D eigenvalue weighted by Gasteiger charge is 2.28. The molecule has 0 bridgehead atoms. The molecule has 0 aliphatic rings. The molecule has 5 heteroatoms. The Hall–Kier alpha value is -3.34. The van der Waals surface area contributed by atoms with Gasteiger partial charge in [0.05, 0.1) is 6.61 Å². The van der Waals surface area contributed by atoms with Crippen LogP contribution in [-0.2, 0) is 16.1 Å². The second kappa shape index (κ2) is 9.04. The van der Waals surface area contributed by atoms with Gasteiger partial charge in [0, 0.05) is 30.2 Å². The maximum atomic E-state index is 13.2. The molecule has 1 amide bonds. The fraction of sp³-hybridized carbons (Fsp3) is 0.217. The van der Waals surface area contributed by atoms with E-state index in [-0.39, 0.29) is 12.5 Å². The van der Waals surface area contributed by atoms with Gasteiger partial charge in [0.2, 0.25) is 0 Å². The second-order valence-corrected chi connectivity index (χ2v) is 6.48. The number of hydrogen-bond acceptors (Lipinski definition) is 3. The second-order valence-electron chi connectivity index (χ2n) is 6.48. The van der Waals surface area contributed by atoms with Gasteiger partial charge in [-0.1, -0.05) is 30.3 Å². The van der Waals surface area contributed by atoms with Gasteiger partial charge in [0.1, 0.15) is 6.04 Å². The van der Waals surface area contributed by atoms with E-state index in [1.807, 2.05) is 71.6 Å². The Morgan fingerprint density at radius 3 is 2.21 bits per heavy atom. The van der Waals surface area contributed by atoms with Gasteiger partial charge in [0.15, 0.2) is 0 Å². The number of hydrogen-bond donors (Lipinski definition) is 0. The fourth-order valence-corrected chi connectivity index (χ4v) is 3.00. The van der Waals surface area contributed by atoms with Crippen molar-refractivity contribution >= 4 is 11.9 Å². The van der Waals surface area contributed by atoms with Crippen LogP contribution in [0.25, 0.3) is 5.69 Å². The molecule has 0 fully saturated rings. The summed E-state index contributed by atoms with van der Waals surface area (Å²) in [4.78, 5) is 27.1. The van der Waals surface area contributed by atoms with Gasteiger partial charge < -0.3 is 14.2 Å². The van der Waals surface area contributed by atoms with Gasteiger partial charge in [-0.15, -0.1) is 0 Å². The molecule has 3 rings (SSSR count). The molecule has 1 heterocycles. The van der Waals surface area contributed by atoms with Gasteiger partial charge >= 0.3 is 5.97 Å². The SMILES string of the molecule is CCOC(=O)C(C)N(Cc1ccccc1)C(=O)c1ccc(-n2cccc2)cc1. The van der Waals surface area contributed by atoms with E-state index in [4.69, 9.17) is 4.74 Å². The number of aromatic nitrogens is 1. The molecule has 0 aliphatic carbocycles. The van der Waals surface area contributed by atoms with Crippen LogP contribution >= 0.6 is 0 Å². The third-order valence-electron chi connectivity index (χ3n) is 4.57. The molecule has 0 aliphatic heterocycles. The summed E-state index contributed by atoms with van der Waals surface area (Å²) in [6.45, 7) is 4.07. The molecule has 1 atom stereocenters. The van der Waals surface area contributed by atoms with Gasteiger partial charge in [-0.2, -0.15) is 0 Å². The third kappa shape index (κ3) is 4.49. The zero-order chi connectivity index (χ0) is 19.9. The van der Waals surface area contributed by atoms with Crippen LogP contribution in [0, 0.1) is 0 Å². The standard InChI is InChI=1S/C23H24N2O3/c1-3-28-23(27)18(2)25(17-19-9-5-4-6-10-19)22(26)20-11-13-21(14-12-20)24-15-7-8-16-24/h4-16,18H,3,17H2,1-2H3. The molecule has 0 N–H and O–H groups in total. The van der Waals surface area contributed by atoms with E-state index in [1.54, 1.807) is 30.9 Å². The number of carbonyl (C=O) groups is 2. The Kier molecular flexibility index (Phi) is 6.27. The molecule has 0 saturated carbocycles. The van der Waals surface area contributed by atoms with Crippen LogP contribution in [-0.4, -0.2) is 34.0 Å². The quantitative estimate of drug-likeness (QED) is 0.584. The summed E-state index contributed by atoms with van der Waals surface area (Å²) < 4.78 is 7.11. The lowest BCUT2D eigenvalue weighted by Gasteiger charge is -2.28. The van der Waals surface area contributed by atoms with Crippen LogP contribution < -0.4 is 0 Å². The molecule has 144 valence electrons.